The molecule has 1 aromatic heterocycles. The van der Waals surface area contributed by atoms with Crippen molar-refractivity contribution in [1.29, 1.82) is 0 Å². The van der Waals surface area contributed by atoms with E-state index in [1.165, 1.54) is 36.9 Å². The van der Waals surface area contributed by atoms with Gasteiger partial charge in [0, 0.05) is 34.5 Å². The largest absolute Gasteiger partial charge is 0.508 e. The van der Waals surface area contributed by atoms with E-state index in [1.807, 2.05) is 0 Å². The summed E-state index contributed by atoms with van der Waals surface area (Å²) >= 11 is 0. The number of phenolic OH excluding ortho intramolecular Hbond substituents is 2. The minimum atomic E-state index is -1.29. The van der Waals surface area contributed by atoms with E-state index in [0.717, 1.165) is 0 Å². The number of benzene rings is 3. The summed E-state index contributed by atoms with van der Waals surface area (Å²) in [5.74, 6) is 0.494. The second-order valence-corrected chi connectivity index (χ2v) is 7.38. The third-order valence-electron chi connectivity index (χ3n) is 5.52. The van der Waals surface area contributed by atoms with E-state index in [-0.39, 0.29) is 11.5 Å². The van der Waals surface area contributed by atoms with Crippen molar-refractivity contribution in [3.63, 3.8) is 0 Å². The lowest BCUT2D eigenvalue weighted by atomic mass is 9.77. The number of fused-ring (bicyclic) bond motifs is 6. The van der Waals surface area contributed by atoms with E-state index in [1.54, 1.807) is 30.3 Å². The van der Waals surface area contributed by atoms with Crippen molar-refractivity contribution >= 4 is 17.6 Å². The molecule has 9 heteroatoms. The minimum Gasteiger partial charge on any atom is -0.508 e. The van der Waals surface area contributed by atoms with Crippen LogP contribution in [-0.4, -0.2) is 31.1 Å². The second-order valence-electron chi connectivity index (χ2n) is 7.38. The zero-order chi connectivity index (χ0) is 21.9. The summed E-state index contributed by atoms with van der Waals surface area (Å²) in [5, 5.41) is 23.0. The number of nitrogens with one attached hydrogen (secondary N) is 1. The Morgan fingerprint density at radius 2 is 1.44 bits per heavy atom. The molecule has 0 atom stereocenters. The Morgan fingerprint density at radius 1 is 0.812 bits per heavy atom. The molecule has 3 N–H and O–H groups in total. The quantitative estimate of drug-likeness (QED) is 0.412. The van der Waals surface area contributed by atoms with Crippen molar-refractivity contribution in [3.05, 3.63) is 89.5 Å². The van der Waals surface area contributed by atoms with Crippen LogP contribution in [0.25, 0.3) is 0 Å². The lowest BCUT2D eigenvalue weighted by Crippen LogP contribution is -2.32. The van der Waals surface area contributed by atoms with Crippen LogP contribution in [0.1, 0.15) is 27.0 Å². The van der Waals surface area contributed by atoms with Gasteiger partial charge in [-0.2, -0.15) is 0 Å². The fourth-order valence-corrected chi connectivity index (χ4v) is 4.22. The number of rotatable bonds is 2. The monoisotopic (exact) mass is 426 g/mol. The summed E-state index contributed by atoms with van der Waals surface area (Å²) in [6, 6.07) is 14.5. The van der Waals surface area contributed by atoms with Crippen LogP contribution in [-0.2, 0) is 10.3 Å². The van der Waals surface area contributed by atoms with E-state index in [0.29, 0.717) is 45.4 Å². The maximum absolute atomic E-state index is 13.1. The fourth-order valence-electron chi connectivity index (χ4n) is 4.22. The van der Waals surface area contributed by atoms with Crippen LogP contribution in [0.2, 0.25) is 0 Å². The van der Waals surface area contributed by atoms with E-state index in [9.17, 15) is 15.0 Å². The van der Waals surface area contributed by atoms with Gasteiger partial charge in [0.25, 0.3) is 0 Å². The average Bonchev–Trinajstić information content (AvgIpc) is 3.06. The number of phenols is 2. The van der Waals surface area contributed by atoms with Crippen LogP contribution in [0.3, 0.4) is 0 Å². The predicted octanol–water partition coefficient (Wildman–Crippen LogP) is 3.59. The standard InChI is InChI=1S/C23H14N4O5/c28-13-2-5-17-19(8-13)31-20-9-14(29)3-6-18(20)23(17)16-4-1-12(7-15(16)21(30)32-23)27-22-25-10-24-11-26-22/h1-11,28-29H,(H,24,25,26,27). The van der Waals surface area contributed by atoms with Gasteiger partial charge in [0.05, 0.1) is 5.56 Å². The van der Waals surface area contributed by atoms with Crippen molar-refractivity contribution in [3.8, 4) is 23.0 Å². The maximum Gasteiger partial charge on any atom is 0.340 e. The van der Waals surface area contributed by atoms with Crippen LogP contribution in [0, 0.1) is 0 Å². The number of ether oxygens (including phenoxy) is 2. The van der Waals surface area contributed by atoms with Crippen LogP contribution < -0.4 is 10.1 Å². The van der Waals surface area contributed by atoms with Crippen molar-refractivity contribution in [1.82, 2.24) is 15.0 Å². The molecule has 0 fully saturated rings. The second kappa shape index (κ2) is 6.42. The van der Waals surface area contributed by atoms with Gasteiger partial charge in [0.1, 0.15) is 35.7 Å². The van der Waals surface area contributed by atoms with Gasteiger partial charge in [-0.3, -0.25) is 0 Å². The van der Waals surface area contributed by atoms with Crippen molar-refractivity contribution in [2.24, 2.45) is 0 Å². The van der Waals surface area contributed by atoms with Crippen molar-refractivity contribution in [2.75, 3.05) is 5.32 Å². The highest BCUT2D eigenvalue weighted by molar-refractivity contribution is 5.98. The summed E-state index contributed by atoms with van der Waals surface area (Å²) in [6.07, 6.45) is 2.74. The summed E-state index contributed by atoms with van der Waals surface area (Å²) in [6.45, 7) is 0. The molecule has 0 saturated carbocycles. The Bertz CT molecular complexity index is 1360. The number of carbonyl (C=O) groups is 1. The molecule has 0 bridgehead atoms. The number of carbonyl (C=O) groups excluding carboxylic acids is 1. The van der Waals surface area contributed by atoms with E-state index in [4.69, 9.17) is 9.47 Å². The number of hydrogen-bond acceptors (Lipinski definition) is 9. The van der Waals surface area contributed by atoms with Crippen molar-refractivity contribution < 1.29 is 24.5 Å². The van der Waals surface area contributed by atoms with Gasteiger partial charge >= 0.3 is 5.97 Å². The van der Waals surface area contributed by atoms with E-state index in [2.05, 4.69) is 20.3 Å². The fraction of sp³-hybridized carbons (Fsp3) is 0.0435. The Kier molecular flexibility index (Phi) is 3.64. The molecule has 3 aromatic carbocycles. The molecule has 32 heavy (non-hydrogen) atoms. The summed E-state index contributed by atoms with van der Waals surface area (Å²) in [4.78, 5) is 24.9. The minimum absolute atomic E-state index is 0.00366. The normalized spacial score (nSPS) is 14.7. The molecule has 156 valence electrons. The molecule has 6 rings (SSSR count). The molecule has 0 unspecified atom stereocenters. The number of nitrogens with zero attached hydrogens (tertiary/aromatic N) is 3. The Morgan fingerprint density at radius 3 is 2.09 bits per heavy atom. The molecule has 9 nitrogen and oxygen atoms in total. The zero-order valence-corrected chi connectivity index (χ0v) is 16.3. The van der Waals surface area contributed by atoms with Gasteiger partial charge in [0.2, 0.25) is 5.95 Å². The lowest BCUT2D eigenvalue weighted by molar-refractivity contribution is 0.0224. The molecule has 0 saturated heterocycles. The van der Waals surface area contributed by atoms with Gasteiger partial charge in [-0.05, 0) is 36.4 Å². The van der Waals surface area contributed by atoms with Crippen LogP contribution in [0.4, 0.5) is 11.6 Å². The predicted molar refractivity (Wildman–Crippen MR) is 111 cm³/mol. The Hall–Kier alpha value is -4.66. The first-order chi connectivity index (χ1) is 15.5. The maximum atomic E-state index is 13.1. The van der Waals surface area contributed by atoms with Gasteiger partial charge in [0.15, 0.2) is 5.60 Å². The topological polar surface area (TPSA) is 127 Å². The van der Waals surface area contributed by atoms with Crippen molar-refractivity contribution in [2.45, 2.75) is 5.60 Å². The lowest BCUT2D eigenvalue weighted by Gasteiger charge is -2.36. The van der Waals surface area contributed by atoms with E-state index < -0.39 is 11.6 Å². The molecule has 2 aliphatic heterocycles. The number of anilines is 2. The first kappa shape index (κ1) is 18.1. The molecule has 0 aliphatic carbocycles. The van der Waals surface area contributed by atoms with Gasteiger partial charge in [-0.25, -0.2) is 19.7 Å². The number of aromatic nitrogens is 3. The first-order valence-electron chi connectivity index (χ1n) is 9.66. The van der Waals surface area contributed by atoms with Gasteiger partial charge < -0.3 is 25.0 Å². The molecule has 3 heterocycles. The summed E-state index contributed by atoms with van der Waals surface area (Å²) < 4.78 is 12.0. The summed E-state index contributed by atoms with van der Waals surface area (Å²) in [5.41, 5.74) is 1.43. The molecule has 2 aliphatic rings. The molecule has 0 amide bonds. The number of aromatic hydroxyl groups is 2. The highest BCUT2D eigenvalue weighted by atomic mass is 16.6. The molecule has 0 radical (unpaired) electrons. The van der Waals surface area contributed by atoms with Gasteiger partial charge in [-0.15, -0.1) is 0 Å². The van der Waals surface area contributed by atoms with Crippen LogP contribution in [0.15, 0.2) is 67.3 Å². The highest BCUT2D eigenvalue weighted by Crippen LogP contribution is 2.57. The van der Waals surface area contributed by atoms with Gasteiger partial charge in [-0.1, -0.05) is 6.07 Å². The number of esters is 1. The average molecular weight is 426 g/mol. The third kappa shape index (κ3) is 2.51. The number of hydrogen-bond donors (Lipinski definition) is 3. The third-order valence-corrected chi connectivity index (χ3v) is 5.52. The molecule has 4 aromatic rings. The highest BCUT2D eigenvalue weighted by Gasteiger charge is 2.53. The van der Waals surface area contributed by atoms with E-state index >= 15 is 0 Å². The molecule has 1 spiro atoms. The van der Waals surface area contributed by atoms with Crippen LogP contribution in [0.5, 0.6) is 23.0 Å². The summed E-state index contributed by atoms with van der Waals surface area (Å²) in [7, 11) is 0. The SMILES string of the molecule is O=C1OC2(c3ccc(O)cc3Oc3cc(O)ccc32)c2ccc(Nc3ncncn3)cc21. The Balaban J connectivity index is 1.56. The van der Waals surface area contributed by atoms with Crippen LogP contribution >= 0.6 is 0 Å². The smallest absolute Gasteiger partial charge is 0.340 e. The Labute approximate surface area is 181 Å². The molecular weight excluding hydrogens is 412 g/mol. The molecular formula is C23H14N4O5. The zero-order valence-electron chi connectivity index (χ0n) is 16.3. The first-order valence-corrected chi connectivity index (χ1v) is 9.66.